The molecule has 0 fully saturated rings. The molecule has 0 radical (unpaired) electrons. The first-order valence-corrected chi connectivity index (χ1v) is 7.32. The van der Waals surface area contributed by atoms with Gasteiger partial charge in [0.05, 0.1) is 10.8 Å². The van der Waals surface area contributed by atoms with Crippen molar-refractivity contribution in [2.24, 2.45) is 0 Å². The second-order valence-corrected chi connectivity index (χ2v) is 7.36. The Morgan fingerprint density at radius 3 is 2.22 bits per heavy atom. The summed E-state index contributed by atoms with van der Waals surface area (Å²) in [4.78, 5) is 0. The Bertz CT molecular complexity index is 541. The Kier molecular flexibility index (Phi) is 4.12. The maximum atomic E-state index is 13.7. The van der Waals surface area contributed by atoms with Gasteiger partial charge in [-0.1, -0.05) is 6.07 Å². The van der Waals surface area contributed by atoms with Crippen molar-refractivity contribution in [1.29, 1.82) is 0 Å². The fourth-order valence-electron chi connectivity index (χ4n) is 1.83. The maximum absolute atomic E-state index is 13.7. The van der Waals surface area contributed by atoms with E-state index in [1.807, 2.05) is 0 Å². The molecule has 1 aromatic carbocycles. The van der Waals surface area contributed by atoms with Gasteiger partial charge in [0.1, 0.15) is 11.6 Å². The van der Waals surface area contributed by atoms with E-state index in [0.717, 1.165) is 18.4 Å². The highest BCUT2D eigenvalue weighted by molar-refractivity contribution is 7.92. The largest absolute Gasteiger partial charge is 0.312 e. The van der Waals surface area contributed by atoms with Gasteiger partial charge in [-0.05, 0) is 27.0 Å². The lowest BCUT2D eigenvalue weighted by atomic mass is 9.95. The second kappa shape index (κ2) is 4.93. The van der Waals surface area contributed by atoms with E-state index in [1.54, 1.807) is 7.05 Å². The first-order chi connectivity index (χ1) is 8.11. The van der Waals surface area contributed by atoms with Gasteiger partial charge in [-0.2, -0.15) is 0 Å². The molecule has 0 heterocycles. The van der Waals surface area contributed by atoms with Gasteiger partial charge in [-0.3, -0.25) is 0 Å². The van der Waals surface area contributed by atoms with Crippen molar-refractivity contribution in [2.75, 3.05) is 13.3 Å². The van der Waals surface area contributed by atoms with Gasteiger partial charge in [-0.25, -0.2) is 17.2 Å². The zero-order valence-corrected chi connectivity index (χ0v) is 11.6. The van der Waals surface area contributed by atoms with Gasteiger partial charge in [0, 0.05) is 17.9 Å². The Balaban J connectivity index is 3.35. The minimum Gasteiger partial charge on any atom is -0.312 e. The van der Waals surface area contributed by atoms with Gasteiger partial charge in [-0.15, -0.1) is 0 Å². The normalized spacial score (nSPS) is 14.6. The standard InChI is InChI=1S/C12H17F2NO2S/c1-12(2,18(4,16)17)11(15-3)9-6-5-8(13)7-10(9)14/h5-7,11,15H,1-4H3. The molecule has 6 heteroatoms. The van der Waals surface area contributed by atoms with Crippen molar-refractivity contribution in [1.82, 2.24) is 5.32 Å². The molecule has 18 heavy (non-hydrogen) atoms. The number of halogens is 2. The zero-order valence-electron chi connectivity index (χ0n) is 10.8. The third kappa shape index (κ3) is 2.70. The molecule has 0 aromatic heterocycles. The van der Waals surface area contributed by atoms with Crippen LogP contribution in [-0.4, -0.2) is 26.5 Å². The highest BCUT2D eigenvalue weighted by atomic mass is 32.2. The molecule has 0 aliphatic rings. The summed E-state index contributed by atoms with van der Waals surface area (Å²) in [6.45, 7) is 3.01. The molecule has 3 nitrogen and oxygen atoms in total. The Labute approximate surface area is 106 Å². The number of sulfone groups is 1. The number of benzene rings is 1. The van der Waals surface area contributed by atoms with E-state index < -0.39 is 32.3 Å². The number of hydrogen-bond donors (Lipinski definition) is 1. The molecular weight excluding hydrogens is 260 g/mol. The number of nitrogens with one attached hydrogen (secondary N) is 1. The summed E-state index contributed by atoms with van der Waals surface area (Å²) >= 11 is 0. The molecular formula is C12H17F2NO2S. The lowest BCUT2D eigenvalue weighted by Crippen LogP contribution is -2.44. The predicted molar refractivity (Wildman–Crippen MR) is 67.1 cm³/mol. The molecule has 1 rings (SSSR count). The summed E-state index contributed by atoms with van der Waals surface area (Å²) < 4.78 is 48.9. The highest BCUT2D eigenvalue weighted by Crippen LogP contribution is 2.33. The molecule has 0 spiro atoms. The highest BCUT2D eigenvalue weighted by Gasteiger charge is 2.40. The second-order valence-electron chi connectivity index (χ2n) is 4.76. The Hall–Kier alpha value is -1.01. The van der Waals surface area contributed by atoms with Crippen LogP contribution in [0.25, 0.3) is 0 Å². The van der Waals surface area contributed by atoms with Crippen LogP contribution in [0, 0.1) is 11.6 Å². The van der Waals surface area contributed by atoms with Crippen molar-refractivity contribution in [2.45, 2.75) is 24.6 Å². The SMILES string of the molecule is CNC(c1ccc(F)cc1F)C(C)(C)S(C)(=O)=O. The summed E-state index contributed by atoms with van der Waals surface area (Å²) in [7, 11) is -1.87. The Morgan fingerprint density at radius 2 is 1.83 bits per heavy atom. The zero-order chi connectivity index (χ0) is 14.1. The van der Waals surface area contributed by atoms with Crippen molar-refractivity contribution >= 4 is 9.84 Å². The molecule has 1 unspecified atom stereocenters. The lowest BCUT2D eigenvalue weighted by molar-refractivity contribution is 0.428. The summed E-state index contributed by atoms with van der Waals surface area (Å²) in [6, 6.07) is 2.37. The van der Waals surface area contributed by atoms with Crippen molar-refractivity contribution in [3.8, 4) is 0 Å². The van der Waals surface area contributed by atoms with Crippen LogP contribution in [0.2, 0.25) is 0 Å². The lowest BCUT2D eigenvalue weighted by Gasteiger charge is -2.33. The van der Waals surface area contributed by atoms with E-state index in [9.17, 15) is 17.2 Å². The summed E-state index contributed by atoms with van der Waals surface area (Å²) in [5.41, 5.74) is 0.134. The van der Waals surface area contributed by atoms with Gasteiger partial charge in [0.2, 0.25) is 0 Å². The molecule has 1 N–H and O–H groups in total. The average molecular weight is 277 g/mol. The van der Waals surface area contributed by atoms with E-state index in [1.165, 1.54) is 19.9 Å². The molecule has 0 bridgehead atoms. The number of rotatable bonds is 4. The van der Waals surface area contributed by atoms with Gasteiger partial charge >= 0.3 is 0 Å². The number of hydrogen-bond acceptors (Lipinski definition) is 3. The topological polar surface area (TPSA) is 46.2 Å². The molecule has 0 saturated carbocycles. The van der Waals surface area contributed by atoms with Crippen LogP contribution < -0.4 is 5.32 Å². The van der Waals surface area contributed by atoms with Gasteiger partial charge in [0.15, 0.2) is 9.84 Å². The molecule has 1 atom stereocenters. The van der Waals surface area contributed by atoms with Crippen LogP contribution in [0.5, 0.6) is 0 Å². The first kappa shape index (κ1) is 15.0. The van der Waals surface area contributed by atoms with Crippen LogP contribution in [0.1, 0.15) is 25.5 Å². The van der Waals surface area contributed by atoms with E-state index in [0.29, 0.717) is 0 Å². The Morgan fingerprint density at radius 1 is 1.28 bits per heavy atom. The van der Waals surface area contributed by atoms with Crippen LogP contribution >= 0.6 is 0 Å². The van der Waals surface area contributed by atoms with E-state index in [-0.39, 0.29) is 5.56 Å². The average Bonchev–Trinajstić information content (AvgIpc) is 2.20. The van der Waals surface area contributed by atoms with Crippen molar-refractivity contribution in [3.05, 3.63) is 35.4 Å². The summed E-state index contributed by atoms with van der Waals surface area (Å²) in [6.07, 6.45) is 1.10. The fourth-order valence-corrected chi connectivity index (χ4v) is 2.50. The van der Waals surface area contributed by atoms with Crippen LogP contribution in [-0.2, 0) is 9.84 Å². The third-order valence-electron chi connectivity index (χ3n) is 3.21. The molecule has 1 aromatic rings. The van der Waals surface area contributed by atoms with Crippen LogP contribution in [0.3, 0.4) is 0 Å². The van der Waals surface area contributed by atoms with Crippen molar-refractivity contribution in [3.63, 3.8) is 0 Å². The smallest absolute Gasteiger partial charge is 0.154 e. The third-order valence-corrected chi connectivity index (χ3v) is 5.36. The predicted octanol–water partition coefficient (Wildman–Crippen LogP) is 2.05. The van der Waals surface area contributed by atoms with Gasteiger partial charge in [0.25, 0.3) is 0 Å². The van der Waals surface area contributed by atoms with Crippen molar-refractivity contribution < 1.29 is 17.2 Å². The molecule has 0 aliphatic heterocycles. The van der Waals surface area contributed by atoms with Gasteiger partial charge < -0.3 is 5.32 Å². The van der Waals surface area contributed by atoms with Crippen LogP contribution in [0.4, 0.5) is 8.78 Å². The first-order valence-electron chi connectivity index (χ1n) is 5.43. The summed E-state index contributed by atoms with van der Waals surface area (Å²) in [5.74, 6) is -1.45. The minimum atomic E-state index is -3.41. The molecule has 0 saturated heterocycles. The quantitative estimate of drug-likeness (QED) is 0.916. The molecule has 0 amide bonds. The fraction of sp³-hybridized carbons (Fsp3) is 0.500. The van der Waals surface area contributed by atoms with E-state index in [2.05, 4.69) is 5.32 Å². The monoisotopic (exact) mass is 277 g/mol. The molecule has 102 valence electrons. The van der Waals surface area contributed by atoms with E-state index in [4.69, 9.17) is 0 Å². The molecule has 0 aliphatic carbocycles. The van der Waals surface area contributed by atoms with E-state index >= 15 is 0 Å². The summed E-state index contributed by atoms with van der Waals surface area (Å²) in [5, 5.41) is 2.78. The maximum Gasteiger partial charge on any atom is 0.154 e. The minimum absolute atomic E-state index is 0.134. The van der Waals surface area contributed by atoms with Crippen LogP contribution in [0.15, 0.2) is 18.2 Å².